The molecule has 1 aliphatic heterocycles. The van der Waals surface area contributed by atoms with Gasteiger partial charge in [0.05, 0.1) is 12.2 Å². The van der Waals surface area contributed by atoms with Crippen LogP contribution in [-0.4, -0.2) is 41.4 Å². The van der Waals surface area contributed by atoms with Gasteiger partial charge in [0.25, 0.3) is 5.91 Å². The third kappa shape index (κ3) is 3.87. The molecule has 12 atom stereocenters. The van der Waals surface area contributed by atoms with Gasteiger partial charge in [0.15, 0.2) is 0 Å². The molecular formula is C34H47NO5. The van der Waals surface area contributed by atoms with Gasteiger partial charge < -0.3 is 19.9 Å². The molecule has 218 valence electrons. The van der Waals surface area contributed by atoms with Gasteiger partial charge in [-0.3, -0.25) is 9.59 Å². The van der Waals surface area contributed by atoms with E-state index < -0.39 is 18.2 Å². The summed E-state index contributed by atoms with van der Waals surface area (Å²) in [5, 5.41) is 13.6. The Morgan fingerprint density at radius 1 is 1.00 bits per heavy atom. The second-order valence-corrected chi connectivity index (χ2v) is 14.7. The fourth-order valence-corrected chi connectivity index (χ4v) is 11.5. The van der Waals surface area contributed by atoms with Crippen LogP contribution in [0.3, 0.4) is 0 Å². The van der Waals surface area contributed by atoms with Gasteiger partial charge in [0.1, 0.15) is 6.10 Å². The van der Waals surface area contributed by atoms with Crippen LogP contribution in [0, 0.1) is 45.8 Å². The first-order valence-electron chi connectivity index (χ1n) is 16.0. The van der Waals surface area contributed by atoms with E-state index in [4.69, 9.17) is 9.47 Å². The highest BCUT2D eigenvalue weighted by Crippen LogP contribution is 2.86. The zero-order valence-electron chi connectivity index (χ0n) is 24.4. The molecule has 2 N–H and O–H groups in total. The Hall–Kier alpha value is -1.92. The van der Waals surface area contributed by atoms with E-state index in [0.29, 0.717) is 41.0 Å². The lowest BCUT2D eigenvalue weighted by Crippen LogP contribution is -2.52. The summed E-state index contributed by atoms with van der Waals surface area (Å²) < 4.78 is 12.4. The van der Waals surface area contributed by atoms with Crippen molar-refractivity contribution in [1.82, 2.24) is 5.32 Å². The molecule has 2 spiro atoms. The smallest absolute Gasteiger partial charge is 0.303 e. The number of aliphatic hydroxyl groups is 1. The number of ether oxygens (including phenoxy) is 2. The predicted molar refractivity (Wildman–Crippen MR) is 151 cm³/mol. The number of carbonyl (C=O) groups excluding carboxylic acids is 2. The number of carbonyl (C=O) groups is 2. The predicted octanol–water partition coefficient (Wildman–Crippen LogP) is 5.41. The maximum Gasteiger partial charge on any atom is 0.303 e. The summed E-state index contributed by atoms with van der Waals surface area (Å²) in [6.45, 7) is 6.63. The van der Waals surface area contributed by atoms with Crippen molar-refractivity contribution in [3.63, 3.8) is 0 Å². The SMILES string of the molecule is CC(=O)OC(C(=O)NCc1ccccc1)C1CCC2C(CC3C4CCC5C(C)C(O)CCC56CC46CCC23C)O1. The highest BCUT2D eigenvalue weighted by Gasteiger charge is 2.79. The van der Waals surface area contributed by atoms with E-state index in [1.807, 2.05) is 30.3 Å². The van der Waals surface area contributed by atoms with Crippen molar-refractivity contribution in [2.75, 3.05) is 0 Å². The standard InChI is InChI=1S/C34H47NO5/c1-20-23-9-10-24-26-17-29-25(32(26,3)15-16-34(24)19-33(23,34)14-13-27(20)37)11-12-28(40-29)30(39-21(2)36)31(38)35-18-22-7-5-4-6-8-22/h4-8,20,23-30,37H,9-19H2,1-3H3,(H,35,38). The Kier molecular flexibility index (Phi) is 6.44. The lowest BCUT2D eigenvalue weighted by Gasteiger charge is -2.57. The minimum atomic E-state index is -0.916. The third-order valence-electron chi connectivity index (χ3n) is 13.4. The molecule has 0 aromatic heterocycles. The summed E-state index contributed by atoms with van der Waals surface area (Å²) in [7, 11) is 0. The molecule has 1 saturated heterocycles. The molecule has 7 rings (SSSR count). The molecule has 0 radical (unpaired) electrons. The maximum atomic E-state index is 13.3. The first-order chi connectivity index (χ1) is 19.2. The molecule has 5 aliphatic carbocycles. The summed E-state index contributed by atoms with van der Waals surface area (Å²) >= 11 is 0. The summed E-state index contributed by atoms with van der Waals surface area (Å²) in [5.41, 5.74) is 2.26. The molecule has 1 aromatic carbocycles. The van der Waals surface area contributed by atoms with Crippen molar-refractivity contribution in [2.24, 2.45) is 45.8 Å². The van der Waals surface area contributed by atoms with Gasteiger partial charge in [-0.15, -0.1) is 0 Å². The monoisotopic (exact) mass is 549 g/mol. The summed E-state index contributed by atoms with van der Waals surface area (Å²) in [5.74, 6) is 2.35. The Labute approximate surface area is 239 Å². The molecule has 6 fully saturated rings. The lowest BCUT2D eigenvalue weighted by molar-refractivity contribution is -0.177. The quantitative estimate of drug-likeness (QED) is 0.480. The summed E-state index contributed by atoms with van der Waals surface area (Å²) in [6.07, 6.45) is 10.3. The van der Waals surface area contributed by atoms with Crippen molar-refractivity contribution < 1.29 is 24.2 Å². The van der Waals surface area contributed by atoms with E-state index in [1.54, 1.807) is 0 Å². The van der Waals surface area contributed by atoms with Gasteiger partial charge in [-0.05, 0) is 116 Å². The van der Waals surface area contributed by atoms with E-state index in [9.17, 15) is 14.7 Å². The van der Waals surface area contributed by atoms with Gasteiger partial charge in [0, 0.05) is 13.5 Å². The van der Waals surface area contributed by atoms with Crippen LogP contribution in [0.15, 0.2) is 30.3 Å². The normalized spacial score (nSPS) is 47.4. The van der Waals surface area contributed by atoms with Gasteiger partial charge in [-0.1, -0.05) is 44.2 Å². The Morgan fingerprint density at radius 3 is 2.50 bits per heavy atom. The van der Waals surface area contributed by atoms with E-state index in [-0.39, 0.29) is 23.5 Å². The number of aliphatic hydroxyl groups excluding tert-OH is 1. The number of esters is 1. The molecule has 40 heavy (non-hydrogen) atoms. The first-order valence-corrected chi connectivity index (χ1v) is 16.0. The van der Waals surface area contributed by atoms with Gasteiger partial charge in [-0.2, -0.15) is 0 Å². The Balaban J connectivity index is 1.07. The summed E-state index contributed by atoms with van der Waals surface area (Å²) in [6, 6.07) is 9.81. The molecule has 6 heteroatoms. The Bertz CT molecular complexity index is 1160. The number of hydrogen-bond acceptors (Lipinski definition) is 5. The van der Waals surface area contributed by atoms with Crippen LogP contribution in [0.2, 0.25) is 0 Å². The molecule has 0 bridgehead atoms. The largest absolute Gasteiger partial charge is 0.450 e. The first kappa shape index (κ1) is 26.9. The van der Waals surface area contributed by atoms with Crippen LogP contribution >= 0.6 is 0 Å². The van der Waals surface area contributed by atoms with E-state index >= 15 is 0 Å². The highest BCUT2D eigenvalue weighted by atomic mass is 16.6. The molecule has 6 nitrogen and oxygen atoms in total. The van der Waals surface area contributed by atoms with Crippen LogP contribution < -0.4 is 5.32 Å². The molecule has 1 heterocycles. The average molecular weight is 550 g/mol. The molecule has 5 saturated carbocycles. The van der Waals surface area contributed by atoms with Gasteiger partial charge >= 0.3 is 5.97 Å². The summed E-state index contributed by atoms with van der Waals surface area (Å²) in [4.78, 5) is 25.3. The zero-order valence-corrected chi connectivity index (χ0v) is 24.4. The van der Waals surface area contributed by atoms with Crippen LogP contribution in [0.1, 0.15) is 90.5 Å². The molecule has 1 aromatic rings. The van der Waals surface area contributed by atoms with Crippen molar-refractivity contribution in [2.45, 2.75) is 116 Å². The van der Waals surface area contributed by atoms with E-state index in [1.165, 1.54) is 45.4 Å². The van der Waals surface area contributed by atoms with Gasteiger partial charge in [-0.25, -0.2) is 0 Å². The number of nitrogens with one attached hydrogen (secondary N) is 1. The number of fused-ring (bicyclic) bond motifs is 4. The van der Waals surface area contributed by atoms with Crippen molar-refractivity contribution in [3.05, 3.63) is 35.9 Å². The fraction of sp³-hybridized carbons (Fsp3) is 0.765. The highest BCUT2D eigenvalue weighted by molar-refractivity contribution is 5.84. The minimum Gasteiger partial charge on any atom is -0.450 e. The lowest BCUT2D eigenvalue weighted by atomic mass is 9.48. The molecule has 1 amide bonds. The van der Waals surface area contributed by atoms with Crippen LogP contribution in [-0.2, 0) is 25.6 Å². The molecule has 12 unspecified atom stereocenters. The minimum absolute atomic E-state index is 0.117. The van der Waals surface area contributed by atoms with E-state index in [0.717, 1.165) is 37.2 Å². The van der Waals surface area contributed by atoms with Crippen LogP contribution in [0.25, 0.3) is 0 Å². The average Bonchev–Trinajstić information content (AvgIpc) is 3.53. The second kappa shape index (κ2) is 9.55. The van der Waals surface area contributed by atoms with Gasteiger partial charge in [0.2, 0.25) is 6.10 Å². The zero-order chi connectivity index (χ0) is 27.9. The number of amides is 1. The van der Waals surface area contributed by atoms with Crippen LogP contribution in [0.4, 0.5) is 0 Å². The second-order valence-electron chi connectivity index (χ2n) is 14.7. The van der Waals surface area contributed by atoms with E-state index in [2.05, 4.69) is 19.2 Å². The van der Waals surface area contributed by atoms with Crippen LogP contribution in [0.5, 0.6) is 0 Å². The third-order valence-corrected chi connectivity index (χ3v) is 13.4. The molecular weight excluding hydrogens is 502 g/mol. The molecule has 6 aliphatic rings. The van der Waals surface area contributed by atoms with Crippen molar-refractivity contribution >= 4 is 11.9 Å². The maximum absolute atomic E-state index is 13.3. The topological polar surface area (TPSA) is 84.9 Å². The number of rotatable bonds is 5. The van der Waals surface area contributed by atoms with Crippen molar-refractivity contribution in [3.8, 4) is 0 Å². The fourth-order valence-electron chi connectivity index (χ4n) is 11.5. The Morgan fingerprint density at radius 2 is 1.73 bits per heavy atom. The van der Waals surface area contributed by atoms with Crippen molar-refractivity contribution in [1.29, 1.82) is 0 Å². The number of hydrogen-bond donors (Lipinski definition) is 2. The number of benzene rings is 1.